The van der Waals surface area contributed by atoms with Crippen molar-refractivity contribution in [2.75, 3.05) is 19.9 Å². The lowest BCUT2D eigenvalue weighted by molar-refractivity contribution is -0.385. The third-order valence-electron chi connectivity index (χ3n) is 4.40. The van der Waals surface area contributed by atoms with Gasteiger partial charge in [0, 0.05) is 25.2 Å². The van der Waals surface area contributed by atoms with Gasteiger partial charge in [-0.25, -0.2) is 8.42 Å². The van der Waals surface area contributed by atoms with Crippen molar-refractivity contribution in [1.82, 2.24) is 4.31 Å². The van der Waals surface area contributed by atoms with Crippen molar-refractivity contribution in [3.05, 3.63) is 46.5 Å². The van der Waals surface area contributed by atoms with Gasteiger partial charge < -0.3 is 14.2 Å². The number of rotatable bonds is 5. The Labute approximate surface area is 155 Å². The maximum Gasteiger partial charge on any atom is 0.312 e. The summed E-state index contributed by atoms with van der Waals surface area (Å²) in [5.74, 6) is 1.30. The van der Waals surface area contributed by atoms with E-state index in [2.05, 4.69) is 0 Å². The van der Waals surface area contributed by atoms with Crippen molar-refractivity contribution in [2.24, 2.45) is 0 Å². The molecule has 2 aromatic rings. The first-order valence-corrected chi connectivity index (χ1v) is 9.75. The molecule has 0 atom stereocenters. The Morgan fingerprint density at radius 1 is 1.04 bits per heavy atom. The van der Waals surface area contributed by atoms with Gasteiger partial charge in [0.1, 0.15) is 5.75 Å². The van der Waals surface area contributed by atoms with E-state index in [4.69, 9.17) is 14.2 Å². The molecule has 0 amide bonds. The fraction of sp³-hybridized carbons (Fsp3) is 0.294. The molecule has 0 saturated carbocycles. The molecule has 4 rings (SSSR count). The minimum atomic E-state index is -3.76. The van der Waals surface area contributed by atoms with E-state index in [9.17, 15) is 18.5 Å². The Balaban J connectivity index is 1.66. The van der Waals surface area contributed by atoms with Crippen LogP contribution in [0.25, 0.3) is 0 Å². The quantitative estimate of drug-likeness (QED) is 0.568. The molecule has 0 radical (unpaired) electrons. The molecule has 0 spiro atoms. The van der Waals surface area contributed by atoms with Crippen LogP contribution in [0, 0.1) is 10.1 Å². The smallest absolute Gasteiger partial charge is 0.312 e. The van der Waals surface area contributed by atoms with Gasteiger partial charge in [0.2, 0.25) is 22.6 Å². The Bertz CT molecular complexity index is 1000. The number of hydrogen-bond donors (Lipinski definition) is 0. The Hall–Kier alpha value is -2.85. The van der Waals surface area contributed by atoms with Gasteiger partial charge in [-0.15, -0.1) is 0 Å². The largest absolute Gasteiger partial charge is 0.454 e. The first-order chi connectivity index (χ1) is 12.9. The Morgan fingerprint density at radius 3 is 2.52 bits per heavy atom. The number of sulfonamides is 1. The number of hydrogen-bond acceptors (Lipinski definition) is 7. The van der Waals surface area contributed by atoms with Gasteiger partial charge in [-0.3, -0.25) is 10.1 Å². The van der Waals surface area contributed by atoms with E-state index >= 15 is 0 Å². The van der Waals surface area contributed by atoms with E-state index in [1.807, 2.05) is 0 Å². The van der Waals surface area contributed by atoms with Crippen LogP contribution in [0.2, 0.25) is 0 Å². The van der Waals surface area contributed by atoms with Gasteiger partial charge in [-0.05, 0) is 37.1 Å². The number of nitro groups is 1. The fourth-order valence-corrected chi connectivity index (χ4v) is 4.57. The maximum absolute atomic E-state index is 12.6. The molecule has 0 aliphatic carbocycles. The van der Waals surface area contributed by atoms with Gasteiger partial charge in [0.05, 0.1) is 9.82 Å². The lowest BCUT2D eigenvalue weighted by Gasteiger charge is -2.16. The molecular formula is C17H16N2O7S. The van der Waals surface area contributed by atoms with Crippen LogP contribution in [0.4, 0.5) is 5.69 Å². The summed E-state index contributed by atoms with van der Waals surface area (Å²) in [7, 11) is -3.76. The second-order valence-corrected chi connectivity index (χ2v) is 8.05. The standard InChI is InChI=1S/C17H16N2O7S/c20-19(21)14-10-13(27(22,23)18-7-1-2-8-18)4-6-15(14)26-12-3-5-16-17(9-12)25-11-24-16/h3-6,9-10H,1-2,7-8,11H2. The first-order valence-electron chi connectivity index (χ1n) is 8.31. The molecule has 2 aliphatic rings. The van der Waals surface area contributed by atoms with Crippen LogP contribution < -0.4 is 14.2 Å². The van der Waals surface area contributed by atoms with Crippen LogP contribution in [0.5, 0.6) is 23.0 Å². The molecule has 2 aromatic carbocycles. The summed E-state index contributed by atoms with van der Waals surface area (Å²) < 4.78 is 42.7. The maximum atomic E-state index is 12.6. The third-order valence-corrected chi connectivity index (χ3v) is 6.30. The van der Waals surface area contributed by atoms with Crippen molar-refractivity contribution in [3.8, 4) is 23.0 Å². The van der Waals surface area contributed by atoms with Gasteiger partial charge >= 0.3 is 5.69 Å². The first kappa shape index (κ1) is 17.6. The van der Waals surface area contributed by atoms with Crippen molar-refractivity contribution in [1.29, 1.82) is 0 Å². The molecule has 10 heteroatoms. The van der Waals surface area contributed by atoms with Crippen molar-refractivity contribution >= 4 is 15.7 Å². The lowest BCUT2D eigenvalue weighted by Crippen LogP contribution is -2.27. The second-order valence-electron chi connectivity index (χ2n) is 6.11. The fourth-order valence-electron chi connectivity index (χ4n) is 3.03. The van der Waals surface area contributed by atoms with Crippen molar-refractivity contribution in [3.63, 3.8) is 0 Å². The SMILES string of the molecule is O=[N+]([O-])c1cc(S(=O)(=O)N2CCCC2)ccc1Oc1ccc2c(c1)OCO2. The highest BCUT2D eigenvalue weighted by molar-refractivity contribution is 7.89. The van der Waals surface area contributed by atoms with Gasteiger partial charge in [0.25, 0.3) is 0 Å². The van der Waals surface area contributed by atoms with Crippen molar-refractivity contribution in [2.45, 2.75) is 17.7 Å². The molecule has 1 saturated heterocycles. The minimum absolute atomic E-state index is 0.0563. The second kappa shape index (κ2) is 6.71. The minimum Gasteiger partial charge on any atom is -0.454 e. The van der Waals surface area contributed by atoms with E-state index in [0.717, 1.165) is 18.9 Å². The van der Waals surface area contributed by atoms with E-state index in [1.54, 1.807) is 18.2 Å². The monoisotopic (exact) mass is 392 g/mol. The lowest BCUT2D eigenvalue weighted by atomic mass is 10.2. The molecule has 9 nitrogen and oxygen atoms in total. The predicted octanol–water partition coefficient (Wildman–Crippen LogP) is 2.90. The van der Waals surface area contributed by atoms with Crippen LogP contribution >= 0.6 is 0 Å². The zero-order valence-corrected chi connectivity index (χ0v) is 15.0. The number of fused-ring (bicyclic) bond motifs is 1. The summed E-state index contributed by atoms with van der Waals surface area (Å²) >= 11 is 0. The van der Waals surface area contributed by atoms with Gasteiger partial charge in [-0.1, -0.05) is 0 Å². The average molecular weight is 392 g/mol. The van der Waals surface area contributed by atoms with Crippen LogP contribution in [0.3, 0.4) is 0 Å². The van der Waals surface area contributed by atoms with Crippen molar-refractivity contribution < 1.29 is 27.6 Å². The molecule has 27 heavy (non-hydrogen) atoms. The van der Waals surface area contributed by atoms with Crippen LogP contribution in [-0.4, -0.2) is 37.5 Å². The van der Waals surface area contributed by atoms with E-state index < -0.39 is 20.6 Å². The molecule has 0 aromatic heterocycles. The third kappa shape index (κ3) is 3.28. The Kier molecular flexibility index (Phi) is 4.36. The summed E-state index contributed by atoms with van der Waals surface area (Å²) in [4.78, 5) is 10.7. The molecule has 142 valence electrons. The number of ether oxygens (including phenoxy) is 3. The zero-order chi connectivity index (χ0) is 19.0. The van der Waals surface area contributed by atoms with E-state index in [0.29, 0.717) is 30.3 Å². The molecule has 0 bridgehead atoms. The van der Waals surface area contributed by atoms with Crippen LogP contribution in [0.15, 0.2) is 41.3 Å². The number of nitrogens with zero attached hydrogens (tertiary/aromatic N) is 2. The number of nitro benzene ring substituents is 1. The summed E-state index contributed by atoms with van der Waals surface area (Å²) in [6.07, 6.45) is 1.57. The van der Waals surface area contributed by atoms with Crippen LogP contribution in [0.1, 0.15) is 12.8 Å². The normalized spacial score (nSPS) is 16.4. The summed E-state index contributed by atoms with van der Waals surface area (Å²) in [5, 5.41) is 11.5. The topological polar surface area (TPSA) is 108 Å². The highest BCUT2D eigenvalue weighted by Crippen LogP contribution is 2.39. The van der Waals surface area contributed by atoms with Gasteiger partial charge in [-0.2, -0.15) is 4.31 Å². The molecule has 2 aliphatic heterocycles. The molecule has 1 fully saturated rings. The highest BCUT2D eigenvalue weighted by atomic mass is 32.2. The highest BCUT2D eigenvalue weighted by Gasteiger charge is 2.30. The predicted molar refractivity (Wildman–Crippen MR) is 93.7 cm³/mol. The average Bonchev–Trinajstić information content (AvgIpc) is 3.33. The van der Waals surface area contributed by atoms with E-state index in [1.165, 1.54) is 16.4 Å². The van der Waals surface area contributed by atoms with Crippen LogP contribution in [-0.2, 0) is 10.0 Å². The summed E-state index contributed by atoms with van der Waals surface area (Å²) in [5.41, 5.74) is -0.423. The summed E-state index contributed by atoms with van der Waals surface area (Å²) in [6.45, 7) is 0.944. The summed E-state index contributed by atoms with van der Waals surface area (Å²) in [6, 6.07) is 8.44. The van der Waals surface area contributed by atoms with E-state index in [-0.39, 0.29) is 17.4 Å². The molecular weight excluding hydrogens is 376 g/mol. The molecule has 2 heterocycles. The molecule has 0 unspecified atom stereocenters. The zero-order valence-electron chi connectivity index (χ0n) is 14.2. The molecule has 0 N–H and O–H groups in total. The number of benzene rings is 2. The Morgan fingerprint density at radius 2 is 1.78 bits per heavy atom. The van der Waals surface area contributed by atoms with Gasteiger partial charge in [0.15, 0.2) is 11.5 Å².